The SMILES string of the molecule is O=C(CCN1CCN(c2ncnc3[nH]ccc23)CC1)Nc1cc(S(=O)(=O)N2CCCC2)ccc1Cl. The van der Waals surface area contributed by atoms with Crippen LogP contribution >= 0.6 is 11.6 Å². The van der Waals surface area contributed by atoms with Gasteiger partial charge in [0.2, 0.25) is 15.9 Å². The Morgan fingerprint density at radius 1 is 1.06 bits per heavy atom. The van der Waals surface area contributed by atoms with Crippen molar-refractivity contribution in [3.05, 3.63) is 41.8 Å². The lowest BCUT2D eigenvalue weighted by Crippen LogP contribution is -2.47. The molecule has 0 bridgehead atoms. The second kappa shape index (κ2) is 10.1. The molecule has 0 radical (unpaired) electrons. The first-order valence-corrected chi connectivity index (χ1v) is 13.6. The number of carbonyl (C=O) groups excluding carboxylic acids is 1. The van der Waals surface area contributed by atoms with Crippen molar-refractivity contribution in [2.45, 2.75) is 24.2 Å². The quantitative estimate of drug-likeness (QED) is 0.495. The van der Waals surface area contributed by atoms with E-state index >= 15 is 0 Å². The maximum Gasteiger partial charge on any atom is 0.243 e. The largest absolute Gasteiger partial charge is 0.353 e. The number of fused-ring (bicyclic) bond motifs is 1. The van der Waals surface area contributed by atoms with Crippen molar-refractivity contribution in [3.63, 3.8) is 0 Å². The summed E-state index contributed by atoms with van der Waals surface area (Å²) in [7, 11) is -3.58. The second-order valence-corrected chi connectivity index (χ2v) is 11.2. The fraction of sp³-hybridized carbons (Fsp3) is 0.435. The van der Waals surface area contributed by atoms with Gasteiger partial charge in [-0.1, -0.05) is 11.6 Å². The molecule has 12 heteroatoms. The molecule has 0 aliphatic carbocycles. The first-order chi connectivity index (χ1) is 16.9. The van der Waals surface area contributed by atoms with Crippen molar-refractivity contribution in [1.29, 1.82) is 0 Å². The molecule has 10 nitrogen and oxygen atoms in total. The van der Waals surface area contributed by atoms with Crippen LogP contribution in [0.25, 0.3) is 11.0 Å². The number of benzene rings is 1. The predicted octanol–water partition coefficient (Wildman–Crippen LogP) is 2.55. The van der Waals surface area contributed by atoms with Crippen molar-refractivity contribution >= 4 is 50.1 Å². The Morgan fingerprint density at radius 3 is 2.60 bits per heavy atom. The molecule has 2 aromatic heterocycles. The third kappa shape index (κ3) is 5.13. The van der Waals surface area contributed by atoms with Crippen LogP contribution in [0.15, 0.2) is 41.7 Å². The van der Waals surface area contributed by atoms with E-state index in [1.54, 1.807) is 6.33 Å². The van der Waals surface area contributed by atoms with Crippen molar-refractivity contribution in [3.8, 4) is 0 Å². The molecule has 0 spiro atoms. The van der Waals surface area contributed by atoms with E-state index in [2.05, 4.69) is 30.1 Å². The van der Waals surface area contributed by atoms with Gasteiger partial charge < -0.3 is 15.2 Å². The summed E-state index contributed by atoms with van der Waals surface area (Å²) in [4.78, 5) is 29.1. The Kier molecular flexibility index (Phi) is 6.92. The second-order valence-electron chi connectivity index (χ2n) is 8.82. The summed E-state index contributed by atoms with van der Waals surface area (Å²) in [5.41, 5.74) is 1.14. The van der Waals surface area contributed by atoms with Crippen LogP contribution in [0.5, 0.6) is 0 Å². The number of carbonyl (C=O) groups is 1. The van der Waals surface area contributed by atoms with E-state index in [0.717, 1.165) is 55.9 Å². The van der Waals surface area contributed by atoms with E-state index in [1.165, 1.54) is 22.5 Å². The number of hydrogen-bond acceptors (Lipinski definition) is 7. The first-order valence-electron chi connectivity index (χ1n) is 11.8. The molecule has 0 unspecified atom stereocenters. The van der Waals surface area contributed by atoms with Gasteiger partial charge in [-0.2, -0.15) is 4.31 Å². The topological polar surface area (TPSA) is 115 Å². The molecule has 3 aromatic rings. The molecule has 0 saturated carbocycles. The van der Waals surface area contributed by atoms with Crippen LogP contribution < -0.4 is 10.2 Å². The van der Waals surface area contributed by atoms with E-state index < -0.39 is 10.0 Å². The summed E-state index contributed by atoms with van der Waals surface area (Å²) < 4.78 is 27.2. The Bertz CT molecular complexity index is 1320. The van der Waals surface area contributed by atoms with Gasteiger partial charge in [0.25, 0.3) is 0 Å². The molecular weight excluding hydrogens is 490 g/mol. The fourth-order valence-corrected chi connectivity index (χ4v) is 6.31. The predicted molar refractivity (Wildman–Crippen MR) is 135 cm³/mol. The lowest BCUT2D eigenvalue weighted by Gasteiger charge is -2.35. The number of aromatic amines is 1. The Hall–Kier alpha value is -2.73. The zero-order chi connectivity index (χ0) is 24.4. The van der Waals surface area contributed by atoms with Gasteiger partial charge in [-0.3, -0.25) is 9.69 Å². The standard InChI is InChI=1S/C23H28ClN7O3S/c24-19-4-3-17(35(33,34)31-8-1-2-9-31)15-20(19)28-21(32)6-10-29-11-13-30(14-12-29)23-18-5-7-25-22(18)26-16-27-23/h3-5,7,15-16H,1-2,6,8-14H2,(H,28,32)(H,25,26,27). The zero-order valence-electron chi connectivity index (χ0n) is 19.3. The van der Waals surface area contributed by atoms with E-state index in [4.69, 9.17) is 11.6 Å². The summed E-state index contributed by atoms with van der Waals surface area (Å²) in [6.45, 7) is 4.89. The van der Waals surface area contributed by atoms with Gasteiger partial charge in [-0.15, -0.1) is 0 Å². The molecule has 1 aromatic carbocycles. The monoisotopic (exact) mass is 517 g/mol. The molecule has 2 N–H and O–H groups in total. The summed E-state index contributed by atoms with van der Waals surface area (Å²) in [5, 5.41) is 4.11. The molecule has 4 heterocycles. The first kappa shape index (κ1) is 24.0. The number of hydrogen-bond donors (Lipinski definition) is 2. The Balaban J connectivity index is 1.15. The van der Waals surface area contributed by atoms with Gasteiger partial charge >= 0.3 is 0 Å². The Labute approximate surface area is 209 Å². The molecule has 2 saturated heterocycles. The highest BCUT2D eigenvalue weighted by Gasteiger charge is 2.28. The maximum atomic E-state index is 12.9. The van der Waals surface area contributed by atoms with Crippen LogP contribution in [0.1, 0.15) is 19.3 Å². The summed E-state index contributed by atoms with van der Waals surface area (Å²) >= 11 is 6.25. The van der Waals surface area contributed by atoms with Gasteiger partial charge in [-0.25, -0.2) is 18.4 Å². The third-order valence-corrected chi connectivity index (χ3v) is 8.80. The molecule has 2 aliphatic heterocycles. The fourth-order valence-electron chi connectivity index (χ4n) is 4.60. The average Bonchev–Trinajstić information content (AvgIpc) is 3.57. The van der Waals surface area contributed by atoms with Crippen molar-refractivity contribution in [2.24, 2.45) is 0 Å². The highest BCUT2D eigenvalue weighted by molar-refractivity contribution is 7.89. The van der Waals surface area contributed by atoms with E-state index in [0.29, 0.717) is 30.3 Å². The summed E-state index contributed by atoms with van der Waals surface area (Å²) in [5.74, 6) is 0.724. The van der Waals surface area contributed by atoms with E-state index in [-0.39, 0.29) is 17.2 Å². The van der Waals surface area contributed by atoms with Crippen LogP contribution in [0.2, 0.25) is 5.02 Å². The zero-order valence-corrected chi connectivity index (χ0v) is 20.9. The van der Waals surface area contributed by atoms with Crippen LogP contribution in [0.4, 0.5) is 11.5 Å². The number of nitrogens with zero attached hydrogens (tertiary/aromatic N) is 5. The van der Waals surface area contributed by atoms with E-state index in [1.807, 2.05) is 12.3 Å². The molecule has 35 heavy (non-hydrogen) atoms. The summed E-state index contributed by atoms with van der Waals surface area (Å²) in [6.07, 6.45) is 5.44. The third-order valence-electron chi connectivity index (χ3n) is 6.57. The Morgan fingerprint density at radius 2 is 1.83 bits per heavy atom. The number of halogens is 1. The number of nitrogens with one attached hydrogen (secondary N) is 2. The van der Waals surface area contributed by atoms with Gasteiger partial charge in [0.05, 0.1) is 21.0 Å². The van der Waals surface area contributed by atoms with Crippen LogP contribution in [0.3, 0.4) is 0 Å². The van der Waals surface area contributed by atoms with Crippen LogP contribution in [-0.4, -0.2) is 84.3 Å². The summed E-state index contributed by atoms with van der Waals surface area (Å²) in [6, 6.07) is 6.45. The average molecular weight is 518 g/mol. The molecule has 2 aliphatic rings. The minimum Gasteiger partial charge on any atom is -0.353 e. The van der Waals surface area contributed by atoms with Crippen molar-refractivity contribution in [1.82, 2.24) is 24.2 Å². The van der Waals surface area contributed by atoms with Crippen LogP contribution in [-0.2, 0) is 14.8 Å². The number of aromatic nitrogens is 3. The number of sulfonamides is 1. The lowest BCUT2D eigenvalue weighted by atomic mass is 10.2. The van der Waals surface area contributed by atoms with Gasteiger partial charge in [-0.05, 0) is 37.1 Å². The molecule has 1 amide bonds. The van der Waals surface area contributed by atoms with Crippen molar-refractivity contribution < 1.29 is 13.2 Å². The molecular formula is C23H28ClN7O3S. The lowest BCUT2D eigenvalue weighted by molar-refractivity contribution is -0.116. The number of H-pyrrole nitrogens is 1. The molecule has 0 atom stereocenters. The maximum absolute atomic E-state index is 12.9. The normalized spacial score (nSPS) is 17.8. The van der Waals surface area contributed by atoms with E-state index in [9.17, 15) is 13.2 Å². The minimum atomic E-state index is -3.58. The van der Waals surface area contributed by atoms with Crippen molar-refractivity contribution in [2.75, 3.05) is 56.0 Å². The highest BCUT2D eigenvalue weighted by atomic mass is 35.5. The number of rotatable bonds is 7. The minimum absolute atomic E-state index is 0.150. The highest BCUT2D eigenvalue weighted by Crippen LogP contribution is 2.29. The molecule has 2 fully saturated rings. The smallest absolute Gasteiger partial charge is 0.243 e. The van der Waals surface area contributed by atoms with Gasteiger partial charge in [0.15, 0.2) is 0 Å². The molecule has 5 rings (SSSR count). The van der Waals surface area contributed by atoms with Crippen LogP contribution in [0, 0.1) is 0 Å². The molecule has 186 valence electrons. The van der Waals surface area contributed by atoms with Gasteiger partial charge in [0.1, 0.15) is 17.8 Å². The number of amides is 1. The number of piperazine rings is 1. The van der Waals surface area contributed by atoms with Gasteiger partial charge in [0, 0.05) is 58.4 Å². The number of anilines is 2.